The fourth-order valence-electron chi connectivity index (χ4n) is 1.21. The van der Waals surface area contributed by atoms with Crippen LogP contribution < -0.4 is 10.1 Å². The quantitative estimate of drug-likeness (QED) is 0.708. The van der Waals surface area contributed by atoms with Crippen molar-refractivity contribution in [2.75, 3.05) is 13.2 Å². The maximum Gasteiger partial charge on any atom is 0.260 e. The number of amides is 1. The monoisotopic (exact) mass is 273 g/mol. The van der Waals surface area contributed by atoms with Crippen molar-refractivity contribution in [1.29, 1.82) is 0 Å². The largest absolute Gasteiger partial charge is 0.479 e. The number of aliphatic hydroxyl groups excluding tert-OH is 2. The highest BCUT2D eigenvalue weighted by molar-refractivity contribution is 6.32. The number of carbonyl (C=O) groups is 1. The number of hydrogen-bond donors (Lipinski definition) is 3. The van der Waals surface area contributed by atoms with Gasteiger partial charge in [0.05, 0.1) is 17.7 Å². The Kier molecular flexibility index (Phi) is 5.91. The Morgan fingerprint density at radius 2 is 2.17 bits per heavy atom. The molecule has 0 saturated heterocycles. The van der Waals surface area contributed by atoms with Gasteiger partial charge in [0, 0.05) is 6.54 Å². The number of nitrogens with one attached hydrogen (secondary N) is 1. The zero-order valence-electron chi connectivity index (χ0n) is 9.97. The van der Waals surface area contributed by atoms with Crippen LogP contribution in [-0.2, 0) is 4.79 Å². The maximum atomic E-state index is 11.6. The smallest absolute Gasteiger partial charge is 0.260 e. The molecule has 1 amide bonds. The van der Waals surface area contributed by atoms with Crippen LogP contribution in [-0.4, -0.2) is 41.5 Å². The van der Waals surface area contributed by atoms with E-state index in [1.165, 1.54) is 0 Å². The summed E-state index contributed by atoms with van der Waals surface area (Å²) in [6.07, 6.45) is -1.71. The number of ether oxygens (including phenoxy) is 1. The Bertz CT molecular complexity index is 399. The van der Waals surface area contributed by atoms with Crippen LogP contribution in [0.1, 0.15) is 6.92 Å². The Morgan fingerprint density at radius 1 is 1.50 bits per heavy atom. The lowest BCUT2D eigenvalue weighted by atomic mass is 10.3. The third kappa shape index (κ3) is 4.52. The summed E-state index contributed by atoms with van der Waals surface area (Å²) in [4.78, 5) is 11.6. The molecule has 6 heteroatoms. The number of para-hydroxylation sites is 1. The first-order valence-electron chi connectivity index (χ1n) is 5.52. The number of hydrogen-bond acceptors (Lipinski definition) is 4. The standard InChI is InChI=1S/C12H16ClNO4/c1-8(12(17)14-6-9(16)7-15)18-11-5-3-2-4-10(11)13/h2-5,8-9,15-16H,6-7H2,1H3,(H,14,17). The molecule has 100 valence electrons. The molecule has 0 radical (unpaired) electrons. The van der Waals surface area contributed by atoms with Gasteiger partial charge in [0.2, 0.25) is 0 Å². The molecule has 0 aliphatic rings. The molecule has 0 spiro atoms. The minimum Gasteiger partial charge on any atom is -0.479 e. The fourth-order valence-corrected chi connectivity index (χ4v) is 1.39. The highest BCUT2D eigenvalue weighted by Gasteiger charge is 2.16. The molecule has 1 aromatic rings. The summed E-state index contributed by atoms with van der Waals surface area (Å²) in [5.41, 5.74) is 0. The van der Waals surface area contributed by atoms with E-state index >= 15 is 0 Å². The van der Waals surface area contributed by atoms with Crippen molar-refractivity contribution in [3.05, 3.63) is 29.3 Å². The van der Waals surface area contributed by atoms with Gasteiger partial charge in [-0.05, 0) is 19.1 Å². The predicted molar refractivity (Wildman–Crippen MR) is 67.6 cm³/mol. The number of halogens is 1. The minimum absolute atomic E-state index is 0.0223. The Balaban J connectivity index is 2.47. The van der Waals surface area contributed by atoms with Gasteiger partial charge in [0.15, 0.2) is 6.10 Å². The van der Waals surface area contributed by atoms with Crippen LogP contribution in [0.2, 0.25) is 5.02 Å². The molecule has 0 bridgehead atoms. The SMILES string of the molecule is CC(Oc1ccccc1Cl)C(=O)NCC(O)CO. The van der Waals surface area contributed by atoms with E-state index in [0.717, 1.165) is 0 Å². The van der Waals surface area contributed by atoms with Gasteiger partial charge < -0.3 is 20.3 Å². The van der Waals surface area contributed by atoms with Gasteiger partial charge in [-0.25, -0.2) is 0 Å². The molecule has 2 unspecified atom stereocenters. The summed E-state index contributed by atoms with van der Waals surface area (Å²) in [6, 6.07) is 6.84. The van der Waals surface area contributed by atoms with Gasteiger partial charge in [-0.3, -0.25) is 4.79 Å². The van der Waals surface area contributed by atoms with Crippen molar-refractivity contribution in [3.63, 3.8) is 0 Å². The second kappa shape index (κ2) is 7.20. The van der Waals surface area contributed by atoms with Crippen LogP contribution in [0, 0.1) is 0 Å². The third-order valence-corrected chi connectivity index (χ3v) is 2.54. The first-order chi connectivity index (χ1) is 8.54. The van der Waals surface area contributed by atoms with Crippen molar-refractivity contribution < 1.29 is 19.7 Å². The first-order valence-corrected chi connectivity index (χ1v) is 5.90. The van der Waals surface area contributed by atoms with Crippen molar-refractivity contribution in [1.82, 2.24) is 5.32 Å². The molecule has 0 fully saturated rings. The third-order valence-electron chi connectivity index (χ3n) is 2.23. The van der Waals surface area contributed by atoms with Gasteiger partial charge in [-0.2, -0.15) is 0 Å². The van der Waals surface area contributed by atoms with E-state index in [9.17, 15) is 4.79 Å². The molecule has 3 N–H and O–H groups in total. The summed E-state index contributed by atoms with van der Waals surface area (Å²) in [6.45, 7) is 1.15. The average molecular weight is 274 g/mol. The highest BCUT2D eigenvalue weighted by Crippen LogP contribution is 2.24. The number of aliphatic hydroxyl groups is 2. The zero-order chi connectivity index (χ0) is 13.5. The van der Waals surface area contributed by atoms with E-state index in [4.69, 9.17) is 26.6 Å². The van der Waals surface area contributed by atoms with Crippen molar-refractivity contribution in [2.45, 2.75) is 19.1 Å². The van der Waals surface area contributed by atoms with Gasteiger partial charge in [0.25, 0.3) is 5.91 Å². The molecule has 0 heterocycles. The lowest BCUT2D eigenvalue weighted by molar-refractivity contribution is -0.127. The normalized spacial score (nSPS) is 13.8. The van der Waals surface area contributed by atoms with Crippen molar-refractivity contribution >= 4 is 17.5 Å². The molecular formula is C12H16ClNO4. The van der Waals surface area contributed by atoms with Crippen LogP contribution in [0.15, 0.2) is 24.3 Å². The van der Waals surface area contributed by atoms with Gasteiger partial charge in [-0.1, -0.05) is 23.7 Å². The van der Waals surface area contributed by atoms with Crippen LogP contribution >= 0.6 is 11.6 Å². The summed E-state index contributed by atoms with van der Waals surface area (Å²) in [5, 5.41) is 20.6. The molecule has 1 aromatic carbocycles. The Morgan fingerprint density at radius 3 is 2.78 bits per heavy atom. The summed E-state index contributed by atoms with van der Waals surface area (Å²) < 4.78 is 5.38. The maximum absolute atomic E-state index is 11.6. The fraction of sp³-hybridized carbons (Fsp3) is 0.417. The highest BCUT2D eigenvalue weighted by atomic mass is 35.5. The number of benzene rings is 1. The van der Waals surface area contributed by atoms with Crippen LogP contribution in [0.4, 0.5) is 0 Å². The van der Waals surface area contributed by atoms with E-state index < -0.39 is 18.8 Å². The Labute approximate surface area is 110 Å². The molecule has 0 aromatic heterocycles. The van der Waals surface area contributed by atoms with Gasteiger partial charge in [0.1, 0.15) is 5.75 Å². The first kappa shape index (κ1) is 14.8. The molecular weight excluding hydrogens is 258 g/mol. The van der Waals surface area contributed by atoms with Gasteiger partial charge >= 0.3 is 0 Å². The molecule has 2 atom stereocenters. The molecule has 0 aliphatic heterocycles. The number of rotatable bonds is 6. The second-order valence-electron chi connectivity index (χ2n) is 3.77. The van der Waals surface area contributed by atoms with E-state index in [2.05, 4.69) is 5.32 Å². The molecule has 1 rings (SSSR count). The molecule has 0 aliphatic carbocycles. The minimum atomic E-state index is -0.971. The zero-order valence-corrected chi connectivity index (χ0v) is 10.7. The topological polar surface area (TPSA) is 78.8 Å². The van der Waals surface area contributed by atoms with E-state index in [-0.39, 0.29) is 12.5 Å². The lowest BCUT2D eigenvalue weighted by Gasteiger charge is -2.16. The van der Waals surface area contributed by atoms with Crippen LogP contribution in [0.5, 0.6) is 5.75 Å². The molecule has 18 heavy (non-hydrogen) atoms. The average Bonchev–Trinajstić information content (AvgIpc) is 2.38. The van der Waals surface area contributed by atoms with Crippen LogP contribution in [0.3, 0.4) is 0 Å². The molecule has 5 nitrogen and oxygen atoms in total. The Hall–Kier alpha value is -1.30. The van der Waals surface area contributed by atoms with Crippen LogP contribution in [0.25, 0.3) is 0 Å². The van der Waals surface area contributed by atoms with E-state index in [1.807, 2.05) is 0 Å². The lowest BCUT2D eigenvalue weighted by Crippen LogP contribution is -2.41. The predicted octanol–water partition coefficient (Wildman–Crippen LogP) is 0.577. The number of carbonyl (C=O) groups excluding carboxylic acids is 1. The van der Waals surface area contributed by atoms with Gasteiger partial charge in [-0.15, -0.1) is 0 Å². The van der Waals surface area contributed by atoms with Crippen molar-refractivity contribution in [3.8, 4) is 5.75 Å². The summed E-state index contributed by atoms with van der Waals surface area (Å²) >= 11 is 5.89. The summed E-state index contributed by atoms with van der Waals surface area (Å²) in [7, 11) is 0. The molecule has 0 saturated carbocycles. The van der Waals surface area contributed by atoms with E-state index in [1.54, 1.807) is 31.2 Å². The van der Waals surface area contributed by atoms with E-state index in [0.29, 0.717) is 10.8 Å². The second-order valence-corrected chi connectivity index (χ2v) is 4.18. The summed E-state index contributed by atoms with van der Waals surface area (Å²) in [5.74, 6) is 0.0342. The van der Waals surface area contributed by atoms with Crippen molar-refractivity contribution in [2.24, 2.45) is 0 Å².